The topological polar surface area (TPSA) is 48.2 Å². The van der Waals surface area contributed by atoms with Gasteiger partial charge in [-0.25, -0.2) is 0 Å². The summed E-state index contributed by atoms with van der Waals surface area (Å²) >= 11 is 3.40. The normalized spacial score (nSPS) is 10.6. The molecule has 0 saturated carbocycles. The average Bonchev–Trinajstić information content (AvgIpc) is 2.99. The molecular formula is C16H13BrN2O2. The number of para-hydroxylation sites is 1. The SMILES string of the molecule is CCOc1ccccc1-c1nnc(-c2ccc(Br)cc2)o1. The summed E-state index contributed by atoms with van der Waals surface area (Å²) in [5.74, 6) is 1.69. The Balaban J connectivity index is 1.97. The van der Waals surface area contributed by atoms with Crippen LogP contribution < -0.4 is 4.74 Å². The molecule has 0 radical (unpaired) electrons. The molecule has 0 spiro atoms. The van der Waals surface area contributed by atoms with Gasteiger partial charge in [-0.05, 0) is 43.3 Å². The van der Waals surface area contributed by atoms with Crippen molar-refractivity contribution < 1.29 is 9.15 Å². The molecule has 0 N–H and O–H groups in total. The van der Waals surface area contributed by atoms with E-state index in [1.807, 2.05) is 55.5 Å². The lowest BCUT2D eigenvalue weighted by molar-refractivity contribution is 0.340. The van der Waals surface area contributed by atoms with Gasteiger partial charge in [0.05, 0.1) is 12.2 Å². The molecule has 0 fully saturated rings. The van der Waals surface area contributed by atoms with Crippen LogP contribution in [-0.2, 0) is 0 Å². The summed E-state index contributed by atoms with van der Waals surface area (Å²) in [6.07, 6.45) is 0. The van der Waals surface area contributed by atoms with E-state index in [-0.39, 0.29) is 0 Å². The van der Waals surface area contributed by atoms with Crippen molar-refractivity contribution in [3.63, 3.8) is 0 Å². The fraction of sp³-hybridized carbons (Fsp3) is 0.125. The van der Waals surface area contributed by atoms with E-state index >= 15 is 0 Å². The van der Waals surface area contributed by atoms with Crippen LogP contribution >= 0.6 is 15.9 Å². The Hall–Kier alpha value is -2.14. The minimum Gasteiger partial charge on any atom is -0.493 e. The van der Waals surface area contributed by atoms with E-state index in [2.05, 4.69) is 26.1 Å². The van der Waals surface area contributed by atoms with Gasteiger partial charge >= 0.3 is 0 Å². The predicted molar refractivity (Wildman–Crippen MR) is 84.0 cm³/mol. The molecule has 0 atom stereocenters. The van der Waals surface area contributed by atoms with E-state index in [4.69, 9.17) is 9.15 Å². The van der Waals surface area contributed by atoms with Crippen molar-refractivity contribution in [3.05, 3.63) is 53.0 Å². The second-order valence-electron chi connectivity index (χ2n) is 4.35. The van der Waals surface area contributed by atoms with E-state index in [0.717, 1.165) is 21.3 Å². The Morgan fingerprint density at radius 2 is 1.71 bits per heavy atom. The highest BCUT2D eigenvalue weighted by Gasteiger charge is 2.14. The van der Waals surface area contributed by atoms with Crippen LogP contribution in [0.2, 0.25) is 0 Å². The van der Waals surface area contributed by atoms with Gasteiger partial charge in [-0.1, -0.05) is 28.1 Å². The molecular weight excluding hydrogens is 332 g/mol. The van der Waals surface area contributed by atoms with Gasteiger partial charge in [0, 0.05) is 10.0 Å². The highest BCUT2D eigenvalue weighted by atomic mass is 79.9. The van der Waals surface area contributed by atoms with Crippen LogP contribution in [0.5, 0.6) is 5.75 Å². The van der Waals surface area contributed by atoms with Gasteiger partial charge in [-0.3, -0.25) is 0 Å². The molecule has 5 heteroatoms. The van der Waals surface area contributed by atoms with E-state index < -0.39 is 0 Å². The highest BCUT2D eigenvalue weighted by Crippen LogP contribution is 2.31. The fourth-order valence-corrected chi connectivity index (χ4v) is 2.23. The second kappa shape index (κ2) is 6.10. The number of hydrogen-bond donors (Lipinski definition) is 0. The lowest BCUT2D eigenvalue weighted by Gasteiger charge is -2.06. The predicted octanol–water partition coefficient (Wildman–Crippen LogP) is 4.56. The number of rotatable bonds is 4. The zero-order chi connectivity index (χ0) is 14.7. The number of nitrogens with zero attached hydrogens (tertiary/aromatic N) is 2. The molecule has 0 saturated heterocycles. The van der Waals surface area contributed by atoms with Crippen LogP contribution in [0.3, 0.4) is 0 Å². The Labute approximate surface area is 130 Å². The lowest BCUT2D eigenvalue weighted by Crippen LogP contribution is -1.93. The third-order valence-corrected chi connectivity index (χ3v) is 3.46. The van der Waals surface area contributed by atoms with Gasteiger partial charge < -0.3 is 9.15 Å². The van der Waals surface area contributed by atoms with E-state index in [1.54, 1.807) is 0 Å². The summed E-state index contributed by atoms with van der Waals surface area (Å²) in [7, 11) is 0. The van der Waals surface area contributed by atoms with Crippen molar-refractivity contribution in [2.24, 2.45) is 0 Å². The molecule has 1 aromatic heterocycles. The first-order chi connectivity index (χ1) is 10.3. The Morgan fingerprint density at radius 3 is 2.48 bits per heavy atom. The Kier molecular flexibility index (Phi) is 4.01. The van der Waals surface area contributed by atoms with Crippen LogP contribution in [0.25, 0.3) is 22.9 Å². The molecule has 0 unspecified atom stereocenters. The maximum Gasteiger partial charge on any atom is 0.251 e. The fourth-order valence-electron chi connectivity index (χ4n) is 1.97. The molecule has 0 amide bonds. The van der Waals surface area contributed by atoms with Crippen LogP contribution in [0.4, 0.5) is 0 Å². The van der Waals surface area contributed by atoms with Crippen LogP contribution in [0, 0.1) is 0 Å². The van der Waals surface area contributed by atoms with Gasteiger partial charge in [0.25, 0.3) is 5.89 Å². The number of hydrogen-bond acceptors (Lipinski definition) is 4. The summed E-state index contributed by atoms with van der Waals surface area (Å²) in [6.45, 7) is 2.53. The average molecular weight is 345 g/mol. The number of ether oxygens (including phenoxy) is 1. The summed E-state index contributed by atoms with van der Waals surface area (Å²) in [5.41, 5.74) is 1.68. The first-order valence-electron chi connectivity index (χ1n) is 6.59. The van der Waals surface area contributed by atoms with Gasteiger partial charge in [-0.15, -0.1) is 10.2 Å². The van der Waals surface area contributed by atoms with Crippen LogP contribution in [0.15, 0.2) is 57.4 Å². The number of benzene rings is 2. The molecule has 0 aliphatic heterocycles. The molecule has 2 aromatic carbocycles. The second-order valence-corrected chi connectivity index (χ2v) is 5.26. The molecule has 4 nitrogen and oxygen atoms in total. The molecule has 0 bridgehead atoms. The lowest BCUT2D eigenvalue weighted by atomic mass is 10.2. The first-order valence-corrected chi connectivity index (χ1v) is 7.39. The number of aromatic nitrogens is 2. The zero-order valence-electron chi connectivity index (χ0n) is 11.4. The maximum atomic E-state index is 5.77. The van der Waals surface area contributed by atoms with Gasteiger partial charge in [0.2, 0.25) is 5.89 Å². The third-order valence-electron chi connectivity index (χ3n) is 2.93. The molecule has 0 aliphatic rings. The molecule has 21 heavy (non-hydrogen) atoms. The van der Waals surface area contributed by atoms with Crippen molar-refractivity contribution in [3.8, 4) is 28.7 Å². The van der Waals surface area contributed by atoms with Crippen molar-refractivity contribution >= 4 is 15.9 Å². The van der Waals surface area contributed by atoms with Crippen molar-refractivity contribution in [2.75, 3.05) is 6.61 Å². The van der Waals surface area contributed by atoms with Gasteiger partial charge in [-0.2, -0.15) is 0 Å². The molecule has 3 aromatic rings. The van der Waals surface area contributed by atoms with Crippen LogP contribution in [-0.4, -0.2) is 16.8 Å². The molecule has 0 aliphatic carbocycles. The third kappa shape index (κ3) is 2.97. The quantitative estimate of drug-likeness (QED) is 0.695. The summed E-state index contributed by atoms with van der Waals surface area (Å²) in [4.78, 5) is 0. The van der Waals surface area contributed by atoms with E-state index in [0.29, 0.717) is 18.4 Å². The standard InChI is InChI=1S/C16H13BrN2O2/c1-2-20-14-6-4-3-5-13(14)16-19-18-15(21-16)11-7-9-12(17)10-8-11/h3-10H,2H2,1H3. The largest absolute Gasteiger partial charge is 0.493 e. The Morgan fingerprint density at radius 1 is 1.00 bits per heavy atom. The van der Waals surface area contributed by atoms with E-state index in [9.17, 15) is 0 Å². The van der Waals surface area contributed by atoms with Gasteiger partial charge in [0.15, 0.2) is 0 Å². The van der Waals surface area contributed by atoms with Crippen molar-refractivity contribution in [1.82, 2.24) is 10.2 Å². The maximum absolute atomic E-state index is 5.77. The molecule has 3 rings (SSSR count). The summed E-state index contributed by atoms with van der Waals surface area (Å²) < 4.78 is 12.4. The smallest absolute Gasteiger partial charge is 0.251 e. The monoisotopic (exact) mass is 344 g/mol. The highest BCUT2D eigenvalue weighted by molar-refractivity contribution is 9.10. The minimum absolute atomic E-state index is 0.456. The van der Waals surface area contributed by atoms with E-state index in [1.165, 1.54) is 0 Å². The van der Waals surface area contributed by atoms with Crippen LogP contribution in [0.1, 0.15) is 6.92 Å². The first kappa shape index (κ1) is 13.8. The Bertz CT molecular complexity index is 738. The zero-order valence-corrected chi connectivity index (χ0v) is 13.0. The van der Waals surface area contributed by atoms with Crippen molar-refractivity contribution in [1.29, 1.82) is 0 Å². The molecule has 1 heterocycles. The number of halogens is 1. The van der Waals surface area contributed by atoms with Gasteiger partial charge in [0.1, 0.15) is 5.75 Å². The van der Waals surface area contributed by atoms with Crippen molar-refractivity contribution in [2.45, 2.75) is 6.92 Å². The summed E-state index contributed by atoms with van der Waals surface area (Å²) in [6, 6.07) is 15.4. The minimum atomic E-state index is 0.456. The summed E-state index contributed by atoms with van der Waals surface area (Å²) in [5, 5.41) is 8.23. The molecule has 106 valence electrons.